The molecule has 2 aliphatic rings. The average molecular weight is 339 g/mol. The molecule has 124 valence electrons. The summed E-state index contributed by atoms with van der Waals surface area (Å²) in [6, 6.07) is 0. The van der Waals surface area contributed by atoms with Crippen molar-refractivity contribution in [2.45, 2.75) is 57.9 Å². The zero-order chi connectivity index (χ0) is 16.1. The summed E-state index contributed by atoms with van der Waals surface area (Å²) in [5.74, 6) is 2.64. The molecule has 2 aliphatic carbocycles. The van der Waals surface area contributed by atoms with Crippen LogP contribution in [0.3, 0.4) is 0 Å². The van der Waals surface area contributed by atoms with Gasteiger partial charge in [-0.15, -0.1) is 11.3 Å². The van der Waals surface area contributed by atoms with Gasteiger partial charge in [-0.3, -0.25) is 5.10 Å². The van der Waals surface area contributed by atoms with Gasteiger partial charge in [-0.1, -0.05) is 0 Å². The van der Waals surface area contributed by atoms with Gasteiger partial charge in [-0.2, -0.15) is 5.10 Å². The van der Waals surface area contributed by atoms with Crippen LogP contribution < -0.4 is 5.32 Å². The molecule has 0 unspecified atom stereocenters. The van der Waals surface area contributed by atoms with Crippen LogP contribution >= 0.6 is 11.3 Å². The van der Waals surface area contributed by atoms with Crippen molar-refractivity contribution in [3.05, 3.63) is 33.7 Å². The Hall–Kier alpha value is -1.95. The molecule has 0 bridgehead atoms. The Labute approximate surface area is 144 Å². The maximum atomic E-state index is 4.93. The molecule has 3 aromatic rings. The molecule has 1 saturated carbocycles. The van der Waals surface area contributed by atoms with E-state index in [1.54, 1.807) is 0 Å². The highest BCUT2D eigenvalue weighted by molar-refractivity contribution is 7.19. The fourth-order valence-electron chi connectivity index (χ4n) is 3.56. The Balaban J connectivity index is 1.58. The normalized spacial score (nSPS) is 17.2. The first-order chi connectivity index (χ1) is 11.8. The van der Waals surface area contributed by atoms with Crippen molar-refractivity contribution >= 4 is 27.4 Å². The number of aromatic amines is 1. The van der Waals surface area contributed by atoms with E-state index in [1.165, 1.54) is 64.7 Å². The monoisotopic (exact) mass is 339 g/mol. The quantitative estimate of drug-likeness (QED) is 0.751. The maximum absolute atomic E-state index is 4.93. The Kier molecular flexibility index (Phi) is 3.33. The summed E-state index contributed by atoms with van der Waals surface area (Å²) in [4.78, 5) is 12.6. The van der Waals surface area contributed by atoms with E-state index >= 15 is 0 Å². The molecule has 6 heteroatoms. The number of anilines is 1. The topological polar surface area (TPSA) is 66.5 Å². The van der Waals surface area contributed by atoms with Crippen molar-refractivity contribution in [3.63, 3.8) is 0 Å². The number of nitrogens with one attached hydrogen (secondary N) is 2. The first-order valence-corrected chi connectivity index (χ1v) is 9.66. The minimum Gasteiger partial charge on any atom is -0.365 e. The van der Waals surface area contributed by atoms with Gasteiger partial charge in [0.2, 0.25) is 0 Å². The van der Waals surface area contributed by atoms with Gasteiger partial charge in [0.25, 0.3) is 0 Å². The van der Waals surface area contributed by atoms with E-state index in [2.05, 4.69) is 22.4 Å². The van der Waals surface area contributed by atoms with E-state index in [-0.39, 0.29) is 0 Å². The molecule has 3 aromatic heterocycles. The van der Waals surface area contributed by atoms with Crippen molar-refractivity contribution in [2.75, 3.05) is 5.32 Å². The van der Waals surface area contributed by atoms with Crippen LogP contribution in [-0.4, -0.2) is 20.2 Å². The molecule has 3 heterocycles. The van der Waals surface area contributed by atoms with Gasteiger partial charge in [0.05, 0.1) is 11.6 Å². The predicted octanol–water partition coefficient (Wildman–Crippen LogP) is 4.09. The Morgan fingerprint density at radius 2 is 2.12 bits per heavy atom. The highest BCUT2D eigenvalue weighted by Gasteiger charge is 2.29. The third kappa shape index (κ3) is 2.40. The molecular formula is C18H21N5S. The van der Waals surface area contributed by atoms with Gasteiger partial charge in [0.1, 0.15) is 16.5 Å². The number of rotatable bonds is 4. The fourth-order valence-corrected chi connectivity index (χ4v) is 4.83. The summed E-state index contributed by atoms with van der Waals surface area (Å²) in [7, 11) is 0. The lowest BCUT2D eigenvalue weighted by molar-refractivity contribution is 0.700. The van der Waals surface area contributed by atoms with E-state index in [9.17, 15) is 0 Å². The summed E-state index contributed by atoms with van der Waals surface area (Å²) < 4.78 is 0. The number of hydrogen-bond acceptors (Lipinski definition) is 5. The molecule has 1 fully saturated rings. The number of aryl methyl sites for hydroxylation is 3. The maximum Gasteiger partial charge on any atom is 0.139 e. The molecule has 5 nitrogen and oxygen atoms in total. The highest BCUT2D eigenvalue weighted by atomic mass is 32.1. The number of nitrogens with zero attached hydrogens (tertiary/aromatic N) is 3. The molecule has 0 saturated heterocycles. The molecule has 2 N–H and O–H groups in total. The zero-order valence-electron chi connectivity index (χ0n) is 13.9. The predicted molar refractivity (Wildman–Crippen MR) is 96.7 cm³/mol. The Morgan fingerprint density at radius 1 is 1.25 bits per heavy atom. The molecule has 0 radical (unpaired) electrons. The number of H-pyrrole nitrogens is 1. The second-order valence-electron chi connectivity index (χ2n) is 6.97. The third-order valence-electron chi connectivity index (χ3n) is 5.16. The second kappa shape index (κ2) is 5.55. The van der Waals surface area contributed by atoms with Crippen molar-refractivity contribution in [2.24, 2.45) is 0 Å². The van der Waals surface area contributed by atoms with Crippen molar-refractivity contribution in [1.29, 1.82) is 0 Å². The molecule has 0 aliphatic heterocycles. The van der Waals surface area contributed by atoms with E-state index in [1.807, 2.05) is 17.5 Å². The average Bonchev–Trinajstić information content (AvgIpc) is 3.26. The van der Waals surface area contributed by atoms with Crippen LogP contribution in [0.1, 0.15) is 59.1 Å². The zero-order valence-corrected chi connectivity index (χ0v) is 14.7. The van der Waals surface area contributed by atoms with E-state index in [0.717, 1.165) is 23.9 Å². The van der Waals surface area contributed by atoms with Gasteiger partial charge in [-0.25, -0.2) is 9.97 Å². The summed E-state index contributed by atoms with van der Waals surface area (Å²) in [6.45, 7) is 2.81. The first kappa shape index (κ1) is 14.4. The fraction of sp³-hybridized carbons (Fsp3) is 0.500. The van der Waals surface area contributed by atoms with Crippen LogP contribution in [0.4, 0.5) is 5.82 Å². The smallest absolute Gasteiger partial charge is 0.139 e. The third-order valence-corrected chi connectivity index (χ3v) is 6.34. The highest BCUT2D eigenvalue weighted by Crippen LogP contribution is 2.43. The van der Waals surface area contributed by atoms with E-state index in [0.29, 0.717) is 5.92 Å². The van der Waals surface area contributed by atoms with Crippen molar-refractivity contribution in [3.8, 4) is 0 Å². The van der Waals surface area contributed by atoms with Crippen molar-refractivity contribution in [1.82, 2.24) is 20.2 Å². The standard InChI is InChI=1S/C18H21N5S/c1-10-12(9-20-23-10)8-19-17-15-13-4-2-3-5-14(13)24-18(15)22-16(21-17)11-6-7-11/h9,11H,2-8H2,1H3,(H,20,23)(H,19,21,22). The first-order valence-electron chi connectivity index (χ1n) is 8.84. The summed E-state index contributed by atoms with van der Waals surface area (Å²) in [6.07, 6.45) is 9.32. The molecule has 0 amide bonds. The minimum atomic E-state index is 0.574. The number of thiophene rings is 1. The Bertz CT molecular complexity index is 906. The second-order valence-corrected chi connectivity index (χ2v) is 8.05. The Morgan fingerprint density at radius 3 is 2.92 bits per heavy atom. The number of fused-ring (bicyclic) bond motifs is 3. The lowest BCUT2D eigenvalue weighted by Gasteiger charge is -2.13. The van der Waals surface area contributed by atoms with Crippen LogP contribution in [-0.2, 0) is 19.4 Å². The van der Waals surface area contributed by atoms with Crippen LogP contribution in [0.2, 0.25) is 0 Å². The van der Waals surface area contributed by atoms with E-state index < -0.39 is 0 Å². The van der Waals surface area contributed by atoms with E-state index in [4.69, 9.17) is 9.97 Å². The van der Waals surface area contributed by atoms with Gasteiger partial charge in [0.15, 0.2) is 0 Å². The van der Waals surface area contributed by atoms with Gasteiger partial charge in [0, 0.05) is 28.6 Å². The molecule has 0 atom stereocenters. The minimum absolute atomic E-state index is 0.574. The van der Waals surface area contributed by atoms with Crippen LogP contribution in [0.5, 0.6) is 0 Å². The lowest BCUT2D eigenvalue weighted by atomic mass is 9.97. The molecule has 0 aromatic carbocycles. The van der Waals surface area contributed by atoms with Crippen LogP contribution in [0, 0.1) is 6.92 Å². The molecular weight excluding hydrogens is 318 g/mol. The van der Waals surface area contributed by atoms with Gasteiger partial charge < -0.3 is 5.32 Å². The SMILES string of the molecule is Cc1[nH]ncc1CNc1nc(C2CC2)nc2sc3c(c12)CCCC3. The van der Waals surface area contributed by atoms with Crippen LogP contribution in [0.15, 0.2) is 6.20 Å². The number of aromatic nitrogens is 4. The van der Waals surface area contributed by atoms with Crippen molar-refractivity contribution < 1.29 is 0 Å². The summed E-state index contributed by atoms with van der Waals surface area (Å²) >= 11 is 1.89. The molecule has 0 spiro atoms. The molecule has 24 heavy (non-hydrogen) atoms. The van der Waals surface area contributed by atoms with Gasteiger partial charge >= 0.3 is 0 Å². The van der Waals surface area contributed by atoms with Gasteiger partial charge in [-0.05, 0) is 51.0 Å². The summed E-state index contributed by atoms with van der Waals surface area (Å²) in [5, 5.41) is 12.0. The largest absolute Gasteiger partial charge is 0.365 e. The summed E-state index contributed by atoms with van der Waals surface area (Å²) in [5.41, 5.74) is 3.80. The lowest BCUT2D eigenvalue weighted by Crippen LogP contribution is -2.06. The molecule has 5 rings (SSSR count). The number of hydrogen-bond donors (Lipinski definition) is 2. The van der Waals surface area contributed by atoms with Crippen LogP contribution in [0.25, 0.3) is 10.2 Å².